The molecule has 6 nitrogen and oxygen atoms in total. The molecule has 0 spiro atoms. The Bertz CT molecular complexity index is 614. The summed E-state index contributed by atoms with van der Waals surface area (Å²) in [6.07, 6.45) is -1.54. The van der Waals surface area contributed by atoms with Crippen molar-refractivity contribution in [3.8, 4) is 0 Å². The first kappa shape index (κ1) is 14.8. The van der Waals surface area contributed by atoms with Crippen molar-refractivity contribution < 1.29 is 17.9 Å². The molecule has 0 amide bonds. The molecule has 3 rings (SSSR count). The highest BCUT2D eigenvalue weighted by Crippen LogP contribution is 2.36. The van der Waals surface area contributed by atoms with Crippen LogP contribution in [0.15, 0.2) is 24.7 Å². The quantitative estimate of drug-likeness (QED) is 0.941. The normalized spacial score (nSPS) is 22.3. The third-order valence-corrected chi connectivity index (χ3v) is 3.71. The summed E-state index contributed by atoms with van der Waals surface area (Å²) in [5, 5.41) is 6.61. The zero-order valence-electron chi connectivity index (χ0n) is 11.7. The summed E-state index contributed by atoms with van der Waals surface area (Å²) in [5.74, 6) is 1.09. The number of H-pyrrole nitrogens is 1. The van der Waals surface area contributed by atoms with Crippen LogP contribution >= 0.6 is 0 Å². The van der Waals surface area contributed by atoms with Gasteiger partial charge in [0.05, 0.1) is 17.7 Å². The molecule has 1 N–H and O–H groups in total. The van der Waals surface area contributed by atoms with Gasteiger partial charge in [0.2, 0.25) is 0 Å². The molecule has 0 aliphatic carbocycles. The minimum absolute atomic E-state index is 0.0424. The highest BCUT2D eigenvalue weighted by atomic mass is 19.4. The predicted molar refractivity (Wildman–Crippen MR) is 71.1 cm³/mol. The Balaban J connectivity index is 1.88. The molecule has 1 saturated heterocycles. The van der Waals surface area contributed by atoms with Crippen molar-refractivity contribution in [1.82, 2.24) is 20.2 Å². The Morgan fingerprint density at radius 1 is 1.32 bits per heavy atom. The van der Waals surface area contributed by atoms with E-state index in [4.69, 9.17) is 4.74 Å². The van der Waals surface area contributed by atoms with Crippen molar-refractivity contribution >= 4 is 5.82 Å². The first-order valence-electron chi connectivity index (χ1n) is 6.67. The van der Waals surface area contributed by atoms with Crippen LogP contribution in [0.2, 0.25) is 0 Å². The summed E-state index contributed by atoms with van der Waals surface area (Å²) in [6.45, 7) is 0.528. The van der Waals surface area contributed by atoms with E-state index >= 15 is 0 Å². The molecule has 9 heteroatoms. The number of aromatic amines is 1. The van der Waals surface area contributed by atoms with Gasteiger partial charge in [0.1, 0.15) is 18.0 Å². The molecule has 0 unspecified atom stereocenters. The maximum Gasteiger partial charge on any atom is 0.417 e. The standard InChI is InChI=1S/C13H14F3N5O/c1-22-9-4-10(12-18-7-19-20-12)21(6-9)11-3-2-8(5-17-11)13(14,15)16/h2-3,5,7,9-10H,4,6H2,1H3,(H,18,19,20)/t9-,10+/m1/s1. The molecular formula is C13H14F3N5O. The lowest BCUT2D eigenvalue weighted by Crippen LogP contribution is -2.26. The fourth-order valence-electron chi connectivity index (χ4n) is 2.58. The smallest absolute Gasteiger partial charge is 0.380 e. The summed E-state index contributed by atoms with van der Waals surface area (Å²) >= 11 is 0. The van der Waals surface area contributed by atoms with Gasteiger partial charge >= 0.3 is 6.18 Å². The molecule has 1 aliphatic heterocycles. The molecule has 2 aromatic rings. The van der Waals surface area contributed by atoms with E-state index in [1.54, 1.807) is 7.11 Å². The summed E-state index contributed by atoms with van der Waals surface area (Å²) in [5.41, 5.74) is -0.769. The minimum atomic E-state index is -4.39. The number of halogens is 3. The zero-order chi connectivity index (χ0) is 15.7. The molecule has 1 fully saturated rings. The molecule has 2 aromatic heterocycles. The van der Waals surface area contributed by atoms with E-state index in [9.17, 15) is 13.2 Å². The van der Waals surface area contributed by atoms with E-state index in [0.717, 1.165) is 12.3 Å². The van der Waals surface area contributed by atoms with Gasteiger partial charge in [-0.2, -0.15) is 18.3 Å². The average molecular weight is 313 g/mol. The second-order valence-corrected chi connectivity index (χ2v) is 5.04. The third kappa shape index (κ3) is 2.76. The number of nitrogens with zero attached hydrogens (tertiary/aromatic N) is 4. The fourth-order valence-corrected chi connectivity index (χ4v) is 2.58. The van der Waals surface area contributed by atoms with Gasteiger partial charge in [-0.1, -0.05) is 0 Å². The second kappa shape index (κ2) is 5.56. The highest BCUT2D eigenvalue weighted by molar-refractivity contribution is 5.44. The maximum atomic E-state index is 12.6. The number of methoxy groups -OCH3 is 1. The van der Waals surface area contributed by atoms with Crippen LogP contribution in [0.3, 0.4) is 0 Å². The van der Waals surface area contributed by atoms with Gasteiger partial charge in [0.15, 0.2) is 0 Å². The van der Waals surface area contributed by atoms with E-state index in [0.29, 0.717) is 24.6 Å². The van der Waals surface area contributed by atoms with Gasteiger partial charge in [0, 0.05) is 26.3 Å². The molecule has 1 aliphatic rings. The molecule has 3 heterocycles. The highest BCUT2D eigenvalue weighted by Gasteiger charge is 2.36. The van der Waals surface area contributed by atoms with Crippen LogP contribution in [-0.2, 0) is 10.9 Å². The number of rotatable bonds is 3. The van der Waals surface area contributed by atoms with Crippen molar-refractivity contribution in [1.29, 1.82) is 0 Å². The third-order valence-electron chi connectivity index (χ3n) is 3.71. The number of hydrogen-bond donors (Lipinski definition) is 1. The lowest BCUT2D eigenvalue weighted by atomic mass is 10.2. The Kier molecular flexibility index (Phi) is 3.73. The van der Waals surface area contributed by atoms with Crippen molar-refractivity contribution in [3.63, 3.8) is 0 Å². The number of alkyl halides is 3. The van der Waals surface area contributed by atoms with E-state index in [-0.39, 0.29) is 12.1 Å². The number of ether oxygens (including phenoxy) is 1. The average Bonchev–Trinajstić information content (AvgIpc) is 3.15. The van der Waals surface area contributed by atoms with Crippen LogP contribution in [0.1, 0.15) is 23.9 Å². The van der Waals surface area contributed by atoms with Crippen LogP contribution in [0.25, 0.3) is 0 Å². The van der Waals surface area contributed by atoms with E-state index in [1.807, 2.05) is 4.90 Å². The van der Waals surface area contributed by atoms with Crippen LogP contribution in [-0.4, -0.2) is 39.9 Å². The molecule has 0 saturated carbocycles. The number of pyridine rings is 1. The number of anilines is 1. The van der Waals surface area contributed by atoms with E-state index in [1.165, 1.54) is 12.4 Å². The van der Waals surface area contributed by atoms with E-state index < -0.39 is 11.7 Å². The first-order valence-corrected chi connectivity index (χ1v) is 6.67. The summed E-state index contributed by atoms with van der Waals surface area (Å²) in [6, 6.07) is 2.24. The van der Waals surface area contributed by atoms with Crippen molar-refractivity contribution in [2.45, 2.75) is 24.7 Å². The van der Waals surface area contributed by atoms with Crippen molar-refractivity contribution in [2.75, 3.05) is 18.6 Å². The minimum Gasteiger partial charge on any atom is -0.380 e. The van der Waals surface area contributed by atoms with Gasteiger partial charge in [-0.15, -0.1) is 0 Å². The summed E-state index contributed by atoms with van der Waals surface area (Å²) in [7, 11) is 1.60. The molecule has 118 valence electrons. The van der Waals surface area contributed by atoms with Crippen molar-refractivity contribution in [2.24, 2.45) is 0 Å². The maximum absolute atomic E-state index is 12.6. The number of aromatic nitrogens is 4. The topological polar surface area (TPSA) is 66.9 Å². The van der Waals surface area contributed by atoms with Gasteiger partial charge in [-0.25, -0.2) is 9.97 Å². The zero-order valence-corrected chi connectivity index (χ0v) is 11.7. The molecule has 22 heavy (non-hydrogen) atoms. The van der Waals surface area contributed by atoms with Crippen LogP contribution < -0.4 is 4.90 Å². The molecular weight excluding hydrogens is 299 g/mol. The largest absolute Gasteiger partial charge is 0.417 e. The first-order chi connectivity index (χ1) is 10.5. The summed E-state index contributed by atoms with van der Waals surface area (Å²) < 4.78 is 43.2. The van der Waals surface area contributed by atoms with Gasteiger partial charge in [0.25, 0.3) is 0 Å². The predicted octanol–water partition coefficient (Wildman–Crippen LogP) is 2.18. The Morgan fingerprint density at radius 3 is 2.68 bits per heavy atom. The Labute approximate surface area is 124 Å². The van der Waals surface area contributed by atoms with Crippen LogP contribution in [0, 0.1) is 0 Å². The monoisotopic (exact) mass is 313 g/mol. The van der Waals surface area contributed by atoms with Crippen LogP contribution in [0.5, 0.6) is 0 Å². The second-order valence-electron chi connectivity index (χ2n) is 5.04. The summed E-state index contributed by atoms with van der Waals surface area (Å²) in [4.78, 5) is 9.94. The lowest BCUT2D eigenvalue weighted by molar-refractivity contribution is -0.137. The van der Waals surface area contributed by atoms with Crippen LogP contribution in [0.4, 0.5) is 19.0 Å². The number of nitrogens with one attached hydrogen (secondary N) is 1. The SMILES string of the molecule is CO[C@@H]1C[C@@H](c2ncn[nH]2)N(c2ccc(C(F)(F)F)cn2)C1. The Morgan fingerprint density at radius 2 is 2.14 bits per heavy atom. The van der Waals surface area contributed by atoms with E-state index in [2.05, 4.69) is 20.2 Å². The van der Waals surface area contributed by atoms with Gasteiger partial charge < -0.3 is 9.64 Å². The Hall–Kier alpha value is -2.16. The molecule has 0 radical (unpaired) electrons. The van der Waals surface area contributed by atoms with Gasteiger partial charge in [-0.05, 0) is 12.1 Å². The van der Waals surface area contributed by atoms with Gasteiger partial charge in [-0.3, -0.25) is 5.10 Å². The fraction of sp³-hybridized carbons (Fsp3) is 0.462. The number of hydrogen-bond acceptors (Lipinski definition) is 5. The van der Waals surface area contributed by atoms with Crippen molar-refractivity contribution in [3.05, 3.63) is 36.0 Å². The molecule has 0 aromatic carbocycles. The molecule has 2 atom stereocenters. The molecule has 0 bridgehead atoms. The lowest BCUT2D eigenvalue weighted by Gasteiger charge is -2.23.